The number of hydrogen-bond donors (Lipinski definition) is 2. The predicted octanol–water partition coefficient (Wildman–Crippen LogP) is 1.09. The number of carboxylic acids is 1. The first-order valence-electron chi connectivity index (χ1n) is 5.76. The Morgan fingerprint density at radius 1 is 1.58 bits per heavy atom. The molecule has 1 amide bonds. The van der Waals surface area contributed by atoms with Crippen LogP contribution >= 0.6 is 0 Å². The van der Waals surface area contributed by atoms with Crippen molar-refractivity contribution in [2.24, 2.45) is 0 Å². The van der Waals surface area contributed by atoms with Gasteiger partial charge in [0.25, 0.3) is 5.91 Å². The largest absolute Gasteiger partial charge is 0.482 e. The Morgan fingerprint density at radius 2 is 2.37 bits per heavy atom. The highest BCUT2D eigenvalue weighted by atomic mass is 16.5. The highest BCUT2D eigenvalue weighted by Gasteiger charge is 2.24. The quantitative estimate of drug-likeness (QED) is 0.794. The SMILES string of the molecule is CNc1ccc2c(c1)N(C/C=C/C(=O)O)C(=O)CO2. The van der Waals surface area contributed by atoms with Gasteiger partial charge in [-0.05, 0) is 18.2 Å². The van der Waals surface area contributed by atoms with Crippen LogP contribution in [-0.2, 0) is 9.59 Å². The lowest BCUT2D eigenvalue weighted by Crippen LogP contribution is -2.38. The number of anilines is 2. The van der Waals surface area contributed by atoms with Crippen molar-refractivity contribution in [1.29, 1.82) is 0 Å². The lowest BCUT2D eigenvalue weighted by atomic mass is 10.2. The summed E-state index contributed by atoms with van der Waals surface area (Å²) in [5.74, 6) is -0.622. The van der Waals surface area contributed by atoms with Gasteiger partial charge < -0.3 is 20.1 Å². The maximum atomic E-state index is 11.8. The molecule has 0 bridgehead atoms. The summed E-state index contributed by atoms with van der Waals surface area (Å²) in [4.78, 5) is 23.8. The van der Waals surface area contributed by atoms with Gasteiger partial charge in [0.1, 0.15) is 5.75 Å². The van der Waals surface area contributed by atoms with Crippen molar-refractivity contribution in [2.75, 3.05) is 30.4 Å². The standard InChI is InChI=1S/C13H14N2O4/c1-14-9-4-5-11-10(7-9)15(12(16)8-19-11)6-2-3-13(17)18/h2-5,7,14H,6,8H2,1H3,(H,17,18)/b3-2+. The van der Waals surface area contributed by atoms with E-state index in [0.717, 1.165) is 11.8 Å². The molecule has 1 aliphatic rings. The van der Waals surface area contributed by atoms with Crippen molar-refractivity contribution in [3.05, 3.63) is 30.4 Å². The number of nitrogens with one attached hydrogen (secondary N) is 1. The molecule has 0 fully saturated rings. The minimum Gasteiger partial charge on any atom is -0.482 e. The topological polar surface area (TPSA) is 78.9 Å². The Bertz CT molecular complexity index is 539. The van der Waals surface area contributed by atoms with Gasteiger partial charge in [0.05, 0.1) is 5.69 Å². The Hall–Kier alpha value is -2.50. The highest BCUT2D eigenvalue weighted by molar-refractivity contribution is 5.98. The second-order valence-corrected chi connectivity index (χ2v) is 3.97. The van der Waals surface area contributed by atoms with Crippen LogP contribution in [0.3, 0.4) is 0 Å². The molecule has 0 saturated heterocycles. The summed E-state index contributed by atoms with van der Waals surface area (Å²) in [6.07, 6.45) is 2.45. The van der Waals surface area contributed by atoms with Crippen molar-refractivity contribution in [3.63, 3.8) is 0 Å². The van der Waals surface area contributed by atoms with Crippen LogP contribution in [-0.4, -0.2) is 37.2 Å². The van der Waals surface area contributed by atoms with E-state index in [1.807, 2.05) is 6.07 Å². The molecule has 0 aliphatic carbocycles. The van der Waals surface area contributed by atoms with Crippen LogP contribution < -0.4 is 15.0 Å². The van der Waals surface area contributed by atoms with E-state index in [0.29, 0.717) is 11.4 Å². The van der Waals surface area contributed by atoms with Crippen LogP contribution in [0.1, 0.15) is 0 Å². The van der Waals surface area contributed by atoms with Gasteiger partial charge in [0, 0.05) is 25.4 Å². The normalized spacial score (nSPS) is 14.2. The van der Waals surface area contributed by atoms with E-state index in [9.17, 15) is 9.59 Å². The summed E-state index contributed by atoms with van der Waals surface area (Å²) in [7, 11) is 1.78. The number of benzene rings is 1. The maximum Gasteiger partial charge on any atom is 0.328 e. The first-order chi connectivity index (χ1) is 9.11. The van der Waals surface area contributed by atoms with E-state index >= 15 is 0 Å². The molecule has 0 saturated carbocycles. The second kappa shape index (κ2) is 5.43. The van der Waals surface area contributed by atoms with Gasteiger partial charge in [0.15, 0.2) is 6.61 Å². The van der Waals surface area contributed by atoms with Crippen molar-refractivity contribution in [2.45, 2.75) is 0 Å². The third kappa shape index (κ3) is 2.85. The Kier molecular flexibility index (Phi) is 3.70. The second-order valence-electron chi connectivity index (χ2n) is 3.97. The number of amides is 1. The molecule has 19 heavy (non-hydrogen) atoms. The van der Waals surface area contributed by atoms with Crippen molar-refractivity contribution in [3.8, 4) is 5.75 Å². The number of aliphatic carboxylic acids is 1. The number of ether oxygens (including phenoxy) is 1. The average Bonchev–Trinajstić information content (AvgIpc) is 2.40. The number of fused-ring (bicyclic) bond motifs is 1. The van der Waals surface area contributed by atoms with E-state index < -0.39 is 5.97 Å². The predicted molar refractivity (Wildman–Crippen MR) is 70.6 cm³/mol. The fraction of sp³-hybridized carbons (Fsp3) is 0.231. The van der Waals surface area contributed by atoms with E-state index in [1.165, 1.54) is 11.0 Å². The lowest BCUT2D eigenvalue weighted by molar-refractivity contribution is -0.131. The Labute approximate surface area is 110 Å². The molecule has 1 aromatic carbocycles. The summed E-state index contributed by atoms with van der Waals surface area (Å²) >= 11 is 0. The zero-order valence-electron chi connectivity index (χ0n) is 10.4. The van der Waals surface area contributed by atoms with Gasteiger partial charge in [-0.25, -0.2) is 4.79 Å². The van der Waals surface area contributed by atoms with Gasteiger partial charge >= 0.3 is 5.97 Å². The van der Waals surface area contributed by atoms with E-state index in [1.54, 1.807) is 19.2 Å². The first-order valence-corrected chi connectivity index (χ1v) is 5.76. The van der Waals surface area contributed by atoms with Gasteiger partial charge in [-0.2, -0.15) is 0 Å². The van der Waals surface area contributed by atoms with Gasteiger partial charge in [0.2, 0.25) is 0 Å². The summed E-state index contributed by atoms with van der Waals surface area (Å²) in [5.41, 5.74) is 1.49. The molecule has 6 heteroatoms. The summed E-state index contributed by atoms with van der Waals surface area (Å²) in [6.45, 7) is 0.168. The number of rotatable bonds is 4. The molecular weight excluding hydrogens is 248 g/mol. The molecule has 0 unspecified atom stereocenters. The molecule has 1 heterocycles. The number of carbonyl (C=O) groups excluding carboxylic acids is 1. The first kappa shape index (κ1) is 12.9. The number of carbonyl (C=O) groups is 2. The summed E-state index contributed by atoms with van der Waals surface area (Å²) < 4.78 is 5.33. The molecule has 1 aromatic rings. The minimum absolute atomic E-state index is 0.0349. The smallest absolute Gasteiger partial charge is 0.328 e. The monoisotopic (exact) mass is 262 g/mol. The molecule has 0 aromatic heterocycles. The van der Waals surface area contributed by atoms with E-state index in [4.69, 9.17) is 9.84 Å². The van der Waals surface area contributed by atoms with Gasteiger partial charge in [-0.1, -0.05) is 6.08 Å². The molecule has 100 valence electrons. The average molecular weight is 262 g/mol. The van der Waals surface area contributed by atoms with Crippen LogP contribution in [0.25, 0.3) is 0 Å². The van der Waals surface area contributed by atoms with E-state index in [-0.39, 0.29) is 19.1 Å². The lowest BCUT2D eigenvalue weighted by Gasteiger charge is -2.28. The molecular formula is C13H14N2O4. The van der Waals surface area contributed by atoms with Gasteiger partial charge in [-0.15, -0.1) is 0 Å². The van der Waals surface area contributed by atoms with Crippen LogP contribution in [0.15, 0.2) is 30.4 Å². The molecule has 0 radical (unpaired) electrons. The third-order valence-corrected chi connectivity index (χ3v) is 2.74. The fourth-order valence-corrected chi connectivity index (χ4v) is 1.82. The van der Waals surface area contributed by atoms with Crippen LogP contribution in [0.2, 0.25) is 0 Å². The molecule has 0 spiro atoms. The Balaban J connectivity index is 2.28. The zero-order valence-corrected chi connectivity index (χ0v) is 10.4. The van der Waals surface area contributed by atoms with Crippen molar-refractivity contribution < 1.29 is 19.4 Å². The molecule has 0 atom stereocenters. The Morgan fingerprint density at radius 3 is 3.05 bits per heavy atom. The third-order valence-electron chi connectivity index (χ3n) is 2.74. The number of hydrogen-bond acceptors (Lipinski definition) is 4. The van der Waals surface area contributed by atoms with Crippen molar-refractivity contribution in [1.82, 2.24) is 0 Å². The highest BCUT2D eigenvalue weighted by Crippen LogP contribution is 2.34. The minimum atomic E-state index is -1.04. The van der Waals surface area contributed by atoms with Crippen LogP contribution in [0.4, 0.5) is 11.4 Å². The van der Waals surface area contributed by atoms with Crippen LogP contribution in [0, 0.1) is 0 Å². The summed E-state index contributed by atoms with van der Waals surface area (Å²) in [5, 5.41) is 11.5. The fourth-order valence-electron chi connectivity index (χ4n) is 1.82. The molecule has 2 N–H and O–H groups in total. The molecule has 6 nitrogen and oxygen atoms in total. The number of carboxylic acid groups (broad SMARTS) is 1. The summed E-state index contributed by atoms with van der Waals surface area (Å²) in [6, 6.07) is 5.42. The zero-order chi connectivity index (χ0) is 13.8. The number of nitrogens with zero attached hydrogens (tertiary/aromatic N) is 1. The maximum absolute atomic E-state index is 11.8. The molecule has 1 aliphatic heterocycles. The van der Waals surface area contributed by atoms with Crippen LogP contribution in [0.5, 0.6) is 5.75 Å². The van der Waals surface area contributed by atoms with E-state index in [2.05, 4.69) is 5.32 Å². The van der Waals surface area contributed by atoms with Crippen molar-refractivity contribution >= 4 is 23.3 Å². The molecule has 2 rings (SSSR count). The van der Waals surface area contributed by atoms with Gasteiger partial charge in [-0.3, -0.25) is 4.79 Å².